The van der Waals surface area contributed by atoms with Gasteiger partial charge >= 0.3 is 33.4 Å². The van der Waals surface area contributed by atoms with Gasteiger partial charge in [0, 0.05) is 20.1 Å². The summed E-state index contributed by atoms with van der Waals surface area (Å²) >= 11 is 12.4. The molecule has 1 N–H and O–H groups in total. The summed E-state index contributed by atoms with van der Waals surface area (Å²) < 4.78 is 40.7. The first-order valence-corrected chi connectivity index (χ1v) is 17.7. The van der Waals surface area contributed by atoms with Gasteiger partial charge in [-0.25, -0.2) is 8.42 Å². The molecule has 3 heterocycles. The van der Waals surface area contributed by atoms with E-state index >= 15 is 0 Å². The van der Waals surface area contributed by atoms with Crippen LogP contribution >= 0.6 is 46.3 Å². The number of benzene rings is 2. The van der Waals surface area contributed by atoms with Gasteiger partial charge in [-0.15, -0.1) is 0 Å². The minimum atomic E-state index is -3.65. The van der Waals surface area contributed by atoms with Crippen LogP contribution in [0.3, 0.4) is 0 Å². The Morgan fingerprint density at radius 3 is 2.16 bits per heavy atom. The molecule has 15 heteroatoms. The number of nitrogens with one attached hydrogen (secondary N) is 1. The Morgan fingerprint density at radius 2 is 1.64 bits per heavy atom. The monoisotopic (exact) mass is 815 g/mol. The molecule has 1 fully saturated rings. The summed E-state index contributed by atoms with van der Waals surface area (Å²) in [5.74, 6) is -0.465. The van der Waals surface area contributed by atoms with Gasteiger partial charge in [0.2, 0.25) is 9.84 Å². The molecule has 0 atom stereocenters. The minimum absolute atomic E-state index is 0. The standard InChI is InChI=1S/C15H17NO3S.C8H7NOS.C4H3Cl2NOS.CH2IO.CH4/c17-15(16-12-7-2-1-3-8-12)14-10-11-6-4-5-9-13(11)20(14,18)19;1-9-8(10)6-4-2-3-5-7(6)11-9;1-7-4(8)2(5)3(6)9-7;2-1-3;/h4-6,9-10,12H,1-3,7-8H2,(H,16,17);2-5H,1H3;1H3;1-2H;1H4/q;;;-1;/i;;;1D,2T;. The molecule has 1 saturated carbocycles. The van der Waals surface area contributed by atoms with E-state index in [1.807, 2.05) is 24.3 Å². The number of carbonyl (C=O) groups is 2. The molecule has 1 aliphatic heterocycles. The quantitative estimate of drug-likeness (QED) is 0.193. The third kappa shape index (κ3) is 9.36. The zero-order valence-electron chi connectivity index (χ0n) is 25.0. The molecule has 0 bridgehead atoms. The van der Waals surface area contributed by atoms with Crippen molar-refractivity contribution in [2.75, 3.05) is 0 Å². The Morgan fingerprint density at radius 1 is 1.05 bits per heavy atom. The molecular formula is C29H33Cl2IN3O6S3-. The van der Waals surface area contributed by atoms with Crippen LogP contribution in [0.25, 0.3) is 16.2 Å². The number of hydrogen-bond acceptors (Lipinski definition) is 8. The maximum atomic E-state index is 12.3. The molecule has 4 aromatic rings. The molecular weight excluding hydrogens is 780 g/mol. The Hall–Kier alpha value is -2.30. The molecule has 2 aliphatic rings. The van der Waals surface area contributed by atoms with Crippen molar-refractivity contribution in [3.63, 3.8) is 0 Å². The molecule has 240 valence electrons. The van der Waals surface area contributed by atoms with Gasteiger partial charge in [0.1, 0.15) is 14.3 Å². The number of aryl methyl sites for hydroxylation is 2. The van der Waals surface area contributed by atoms with E-state index in [0.717, 1.165) is 47.3 Å². The summed E-state index contributed by atoms with van der Waals surface area (Å²) in [6, 6.07) is 14.5. The predicted octanol–water partition coefficient (Wildman–Crippen LogP) is 2.72. The summed E-state index contributed by atoms with van der Waals surface area (Å²) in [5.41, 5.74) is 0.471. The van der Waals surface area contributed by atoms with Crippen LogP contribution in [0.4, 0.5) is 0 Å². The van der Waals surface area contributed by atoms with Crippen molar-refractivity contribution in [2.45, 2.75) is 50.5 Å². The summed E-state index contributed by atoms with van der Waals surface area (Å²) in [6.07, 6.45) is 6.73. The number of hydrogen-bond donors (Lipinski definition) is 1. The Balaban J connectivity index is 0.000000240. The van der Waals surface area contributed by atoms with E-state index in [2.05, 4.69) is 5.32 Å². The number of amides is 1. The normalized spacial score (nSPS) is 15.3. The van der Waals surface area contributed by atoms with Crippen LogP contribution < -0.4 is 38.8 Å². The topological polar surface area (TPSA) is 124 Å². The molecule has 1 amide bonds. The van der Waals surface area contributed by atoms with E-state index in [4.69, 9.17) is 25.2 Å². The van der Waals surface area contributed by atoms with Crippen LogP contribution in [0, 0.1) is 0 Å². The third-order valence-corrected chi connectivity index (χ3v) is 11.0. The van der Waals surface area contributed by atoms with E-state index < -0.39 is 42.4 Å². The van der Waals surface area contributed by atoms with Gasteiger partial charge in [0.25, 0.3) is 17.0 Å². The van der Waals surface area contributed by atoms with Gasteiger partial charge in [0.05, 0.1) is 15.0 Å². The first-order valence-electron chi connectivity index (χ1n) is 13.7. The zero-order chi connectivity index (χ0) is 33.3. The second-order valence-corrected chi connectivity index (χ2v) is 14.9. The molecule has 0 unspecified atom stereocenters. The van der Waals surface area contributed by atoms with Crippen LogP contribution in [-0.2, 0) is 33.5 Å². The summed E-state index contributed by atoms with van der Waals surface area (Å²) in [5, 5.41) is 3.80. The summed E-state index contributed by atoms with van der Waals surface area (Å²) in [4.78, 5) is 43.7. The van der Waals surface area contributed by atoms with Crippen LogP contribution in [0.2, 0.25) is 9.36 Å². The molecule has 9 nitrogen and oxygen atoms in total. The summed E-state index contributed by atoms with van der Waals surface area (Å²) in [6.45, 7) is 0. The van der Waals surface area contributed by atoms with Crippen molar-refractivity contribution in [2.24, 2.45) is 14.1 Å². The van der Waals surface area contributed by atoms with Gasteiger partial charge in [0.15, 0.2) is 0 Å². The number of sulfone groups is 1. The van der Waals surface area contributed by atoms with Gasteiger partial charge in [-0.2, -0.15) is 0 Å². The predicted molar refractivity (Wildman–Crippen MR) is 178 cm³/mol. The van der Waals surface area contributed by atoms with Crippen LogP contribution in [0.5, 0.6) is 0 Å². The van der Waals surface area contributed by atoms with Gasteiger partial charge in [-0.1, -0.05) is 91.8 Å². The Kier molecular flexibility index (Phi) is 13.7. The molecule has 0 spiro atoms. The average molecular weight is 817 g/mol. The van der Waals surface area contributed by atoms with Crippen LogP contribution in [0.1, 0.15) is 46.5 Å². The molecule has 0 saturated heterocycles. The van der Waals surface area contributed by atoms with Crippen molar-refractivity contribution < 1.29 is 41.8 Å². The fourth-order valence-corrected chi connectivity index (χ4v) is 8.02. The van der Waals surface area contributed by atoms with Crippen molar-refractivity contribution >= 4 is 82.4 Å². The first-order chi connectivity index (χ1) is 21.3. The molecule has 6 rings (SSSR count). The molecule has 2 aromatic carbocycles. The second kappa shape index (κ2) is 17.4. The number of nitrogens with zero attached hydrogens (tertiary/aromatic N) is 2. The average Bonchev–Trinajstić information content (AvgIpc) is 3.56. The number of rotatable bonds is 3. The van der Waals surface area contributed by atoms with Crippen molar-refractivity contribution in [3.8, 4) is 0 Å². The van der Waals surface area contributed by atoms with E-state index in [1.165, 1.54) is 28.0 Å². The molecule has 2 aromatic heterocycles. The first kappa shape index (κ1) is 34.6. The zero-order valence-corrected chi connectivity index (χ0v) is 29.1. The fraction of sp³-hybridized carbons (Fsp3) is 0.310. The third-order valence-electron chi connectivity index (χ3n) is 6.45. The van der Waals surface area contributed by atoms with E-state index in [0.29, 0.717) is 9.90 Å². The Labute approximate surface area is 289 Å². The molecule has 0 radical (unpaired) electrons. The second-order valence-electron chi connectivity index (χ2n) is 9.31. The Bertz CT molecular complexity index is 1930. The van der Waals surface area contributed by atoms with Crippen LogP contribution in [0.15, 0.2) is 67.9 Å². The van der Waals surface area contributed by atoms with E-state index in [9.17, 15) is 27.6 Å². The number of fused-ring (bicyclic) bond motifs is 2. The number of carbonyl (C=O) groups excluding carboxylic acids is 2. The van der Waals surface area contributed by atoms with E-state index in [-0.39, 0.29) is 39.4 Å². The van der Waals surface area contributed by atoms with Gasteiger partial charge < -0.3 is 5.32 Å². The van der Waals surface area contributed by atoms with Crippen molar-refractivity contribution in [1.29, 1.82) is 0.594 Å². The van der Waals surface area contributed by atoms with Crippen LogP contribution in [-0.4, -0.2) is 33.1 Å². The summed E-state index contributed by atoms with van der Waals surface area (Å²) in [7, 11) is -0.247. The van der Waals surface area contributed by atoms with Crippen molar-refractivity contribution in [3.05, 3.63) is 89.1 Å². The van der Waals surface area contributed by atoms with Gasteiger partial charge in [-0.05, 0) is 54.2 Å². The van der Waals surface area contributed by atoms with Crippen molar-refractivity contribution in [1.82, 2.24) is 13.2 Å². The molecule has 44 heavy (non-hydrogen) atoms. The number of halogens is 3. The maximum absolute atomic E-state index is 12.3. The molecule has 1 aliphatic carbocycles. The number of aromatic nitrogens is 2. The SMILES string of the molecule is C.Cn1sc(Cl)c(Cl)c1=O.Cn1sc2ccccc2c1=O.O=C(NC1CCCCC1)C1=Cc2ccccc2S1(=O)=O.[2H]C(=O)[I-][3H]. The van der Waals surface area contributed by atoms with Gasteiger partial charge in [-0.3, -0.25) is 22.3 Å². The fourth-order valence-electron chi connectivity index (χ4n) is 4.38. The van der Waals surface area contributed by atoms with E-state index in [1.54, 1.807) is 42.3 Å².